The van der Waals surface area contributed by atoms with E-state index in [2.05, 4.69) is 5.32 Å². The van der Waals surface area contributed by atoms with Gasteiger partial charge < -0.3 is 10.4 Å². The molecule has 0 spiro atoms. The Morgan fingerprint density at radius 3 is 2.52 bits per heavy atom. The van der Waals surface area contributed by atoms with Crippen LogP contribution in [-0.4, -0.2) is 22.2 Å². The quantitative estimate of drug-likeness (QED) is 0.499. The monoisotopic (exact) mass is 312 g/mol. The largest absolute Gasteiger partial charge is 0.388 e. The number of halogens is 1. The minimum absolute atomic E-state index is 0.0899. The number of rotatable bonds is 4. The lowest BCUT2D eigenvalue weighted by Gasteiger charge is -2.27. The highest BCUT2D eigenvalue weighted by atomic mass is 35.5. The Balaban J connectivity index is 2.09. The SMILES string of the molecule is Cc1cc([N+](=O)[O-])c(Cl)cc1NCC1(O)CCCCCC1. The fourth-order valence-electron chi connectivity index (χ4n) is 2.82. The fraction of sp³-hybridized carbons (Fsp3) is 0.600. The number of aryl methyl sites for hydroxylation is 1. The maximum absolute atomic E-state index is 10.8. The zero-order valence-corrected chi connectivity index (χ0v) is 12.9. The third-order valence-corrected chi connectivity index (χ3v) is 4.44. The molecule has 5 nitrogen and oxygen atoms in total. The topological polar surface area (TPSA) is 75.4 Å². The van der Waals surface area contributed by atoms with Crippen LogP contribution in [0.5, 0.6) is 0 Å². The summed E-state index contributed by atoms with van der Waals surface area (Å²) in [7, 11) is 0. The second-order valence-corrected chi connectivity index (χ2v) is 6.27. The number of hydrogen-bond acceptors (Lipinski definition) is 4. The molecule has 1 fully saturated rings. The average molecular weight is 313 g/mol. The molecule has 0 amide bonds. The van der Waals surface area contributed by atoms with E-state index in [-0.39, 0.29) is 10.7 Å². The van der Waals surface area contributed by atoms with Gasteiger partial charge in [0.15, 0.2) is 0 Å². The Labute approximate surface area is 129 Å². The van der Waals surface area contributed by atoms with Gasteiger partial charge in [0.25, 0.3) is 5.69 Å². The van der Waals surface area contributed by atoms with Crippen molar-refractivity contribution in [3.63, 3.8) is 0 Å². The van der Waals surface area contributed by atoms with Crippen molar-refractivity contribution in [1.29, 1.82) is 0 Å². The number of nitrogens with zero attached hydrogens (tertiary/aromatic N) is 1. The van der Waals surface area contributed by atoms with E-state index in [9.17, 15) is 15.2 Å². The molecule has 21 heavy (non-hydrogen) atoms. The van der Waals surface area contributed by atoms with Crippen molar-refractivity contribution in [3.05, 3.63) is 32.8 Å². The third-order valence-electron chi connectivity index (χ3n) is 4.13. The van der Waals surface area contributed by atoms with Crippen molar-refractivity contribution in [2.75, 3.05) is 11.9 Å². The van der Waals surface area contributed by atoms with Crippen LogP contribution < -0.4 is 5.32 Å². The zero-order valence-electron chi connectivity index (χ0n) is 12.2. The molecule has 0 aromatic heterocycles. The van der Waals surface area contributed by atoms with Gasteiger partial charge in [-0.05, 0) is 31.4 Å². The molecule has 0 unspecified atom stereocenters. The Morgan fingerprint density at radius 2 is 1.95 bits per heavy atom. The molecule has 6 heteroatoms. The summed E-state index contributed by atoms with van der Waals surface area (Å²) in [6, 6.07) is 3.02. The minimum atomic E-state index is -0.697. The number of nitro groups is 1. The van der Waals surface area contributed by atoms with Gasteiger partial charge in [0.2, 0.25) is 0 Å². The van der Waals surface area contributed by atoms with Gasteiger partial charge >= 0.3 is 0 Å². The minimum Gasteiger partial charge on any atom is -0.388 e. The van der Waals surface area contributed by atoms with Crippen LogP contribution in [0, 0.1) is 17.0 Å². The van der Waals surface area contributed by atoms with Crippen LogP contribution in [0.15, 0.2) is 12.1 Å². The van der Waals surface area contributed by atoms with E-state index < -0.39 is 10.5 Å². The fourth-order valence-corrected chi connectivity index (χ4v) is 3.05. The summed E-state index contributed by atoms with van der Waals surface area (Å²) in [6.07, 6.45) is 6.01. The van der Waals surface area contributed by atoms with Crippen molar-refractivity contribution < 1.29 is 10.0 Å². The van der Waals surface area contributed by atoms with Gasteiger partial charge in [0.1, 0.15) is 5.02 Å². The summed E-state index contributed by atoms with van der Waals surface area (Å²) in [4.78, 5) is 10.4. The molecule has 0 bridgehead atoms. The number of nitro benzene ring substituents is 1. The van der Waals surface area contributed by atoms with Crippen LogP contribution in [0.25, 0.3) is 0 Å². The molecule has 2 rings (SSSR count). The first-order chi connectivity index (χ1) is 9.91. The highest BCUT2D eigenvalue weighted by molar-refractivity contribution is 6.33. The first-order valence-corrected chi connectivity index (χ1v) is 7.70. The molecule has 0 heterocycles. The zero-order chi connectivity index (χ0) is 15.5. The van der Waals surface area contributed by atoms with Gasteiger partial charge in [-0.25, -0.2) is 0 Å². The first-order valence-electron chi connectivity index (χ1n) is 7.32. The lowest BCUT2D eigenvalue weighted by molar-refractivity contribution is -0.384. The molecular formula is C15H21ClN2O3. The molecule has 2 N–H and O–H groups in total. The molecule has 1 saturated carbocycles. The van der Waals surface area contributed by atoms with E-state index in [1.54, 1.807) is 13.0 Å². The van der Waals surface area contributed by atoms with Crippen molar-refractivity contribution in [1.82, 2.24) is 0 Å². The highest BCUT2D eigenvalue weighted by Crippen LogP contribution is 2.32. The van der Waals surface area contributed by atoms with Gasteiger partial charge in [-0.1, -0.05) is 37.3 Å². The number of benzene rings is 1. The number of anilines is 1. The lowest BCUT2D eigenvalue weighted by atomic mass is 9.94. The van der Waals surface area contributed by atoms with Crippen molar-refractivity contribution in [2.24, 2.45) is 0 Å². The summed E-state index contributed by atoms with van der Waals surface area (Å²) < 4.78 is 0. The van der Waals surface area contributed by atoms with Crippen LogP contribution in [0.3, 0.4) is 0 Å². The summed E-state index contributed by atoms with van der Waals surface area (Å²) in [5.41, 5.74) is 0.705. The summed E-state index contributed by atoms with van der Waals surface area (Å²) in [5, 5.41) is 24.8. The van der Waals surface area contributed by atoms with E-state index >= 15 is 0 Å². The molecule has 116 valence electrons. The first kappa shape index (κ1) is 16.0. The molecule has 1 aliphatic carbocycles. The van der Waals surface area contributed by atoms with E-state index in [4.69, 9.17) is 11.6 Å². The van der Waals surface area contributed by atoms with Crippen molar-refractivity contribution in [3.8, 4) is 0 Å². The van der Waals surface area contributed by atoms with Gasteiger partial charge in [-0.15, -0.1) is 0 Å². The highest BCUT2D eigenvalue weighted by Gasteiger charge is 2.28. The maximum Gasteiger partial charge on any atom is 0.288 e. The van der Waals surface area contributed by atoms with Crippen LogP contribution >= 0.6 is 11.6 Å². The predicted molar refractivity (Wildman–Crippen MR) is 84.0 cm³/mol. The molecule has 1 aromatic carbocycles. The smallest absolute Gasteiger partial charge is 0.288 e. The summed E-state index contributed by atoms with van der Waals surface area (Å²) in [6.45, 7) is 2.24. The Hall–Kier alpha value is -1.33. The van der Waals surface area contributed by atoms with Gasteiger partial charge in [-0.2, -0.15) is 0 Å². The van der Waals surface area contributed by atoms with Crippen LogP contribution in [0.4, 0.5) is 11.4 Å². The Bertz CT molecular complexity index is 526. The van der Waals surface area contributed by atoms with Crippen LogP contribution in [-0.2, 0) is 0 Å². The predicted octanol–water partition coefficient (Wildman–Crippen LogP) is 4.05. The third kappa shape index (κ3) is 4.08. The second kappa shape index (κ2) is 6.62. The van der Waals surface area contributed by atoms with Gasteiger partial charge in [0, 0.05) is 18.3 Å². The standard InChI is InChI=1S/C15H21ClN2O3/c1-11-8-14(18(20)21)12(16)9-13(11)17-10-15(19)6-4-2-3-5-7-15/h8-9,17,19H,2-7,10H2,1H3. The van der Waals surface area contributed by atoms with E-state index in [1.807, 2.05) is 0 Å². The molecule has 0 atom stereocenters. The summed E-state index contributed by atoms with van der Waals surface area (Å²) >= 11 is 5.93. The molecule has 0 aliphatic heterocycles. The van der Waals surface area contributed by atoms with Crippen molar-refractivity contribution >= 4 is 23.0 Å². The van der Waals surface area contributed by atoms with E-state index in [0.717, 1.165) is 36.9 Å². The Kier molecular flexibility index (Phi) is 5.06. The second-order valence-electron chi connectivity index (χ2n) is 5.87. The molecule has 0 radical (unpaired) electrons. The van der Waals surface area contributed by atoms with Gasteiger partial charge in [-0.3, -0.25) is 10.1 Å². The number of hydrogen-bond donors (Lipinski definition) is 2. The van der Waals surface area contributed by atoms with E-state index in [1.165, 1.54) is 18.9 Å². The van der Waals surface area contributed by atoms with E-state index in [0.29, 0.717) is 6.54 Å². The molecule has 1 aliphatic rings. The number of nitrogens with one attached hydrogen (secondary N) is 1. The maximum atomic E-state index is 10.8. The van der Waals surface area contributed by atoms with Crippen LogP contribution in [0.1, 0.15) is 44.1 Å². The molecule has 1 aromatic rings. The normalized spacial score (nSPS) is 18.0. The number of aliphatic hydroxyl groups is 1. The molecular weight excluding hydrogens is 292 g/mol. The summed E-state index contributed by atoms with van der Waals surface area (Å²) in [5.74, 6) is 0. The van der Waals surface area contributed by atoms with Crippen LogP contribution in [0.2, 0.25) is 5.02 Å². The average Bonchev–Trinajstić information content (AvgIpc) is 2.64. The molecule has 0 saturated heterocycles. The van der Waals surface area contributed by atoms with Gasteiger partial charge in [0.05, 0.1) is 10.5 Å². The lowest BCUT2D eigenvalue weighted by Crippen LogP contribution is -2.36. The van der Waals surface area contributed by atoms with Crippen molar-refractivity contribution in [2.45, 2.75) is 51.0 Å². The Morgan fingerprint density at radius 1 is 1.33 bits per heavy atom.